The lowest BCUT2D eigenvalue weighted by molar-refractivity contribution is 0.338. The third kappa shape index (κ3) is 3.32. The first-order chi connectivity index (χ1) is 7.74. The van der Waals surface area contributed by atoms with E-state index in [1.54, 1.807) is 0 Å². The largest absolute Gasteiger partial charge is 0.446 e. The highest BCUT2D eigenvalue weighted by Gasteiger charge is 2.16. The average molecular weight is 223 g/mol. The molecule has 3 N–H and O–H groups in total. The van der Waals surface area contributed by atoms with Gasteiger partial charge in [0.2, 0.25) is 0 Å². The number of oxazole rings is 1. The van der Waals surface area contributed by atoms with Crippen LogP contribution in [0.4, 0.5) is 0 Å². The fourth-order valence-corrected chi connectivity index (χ4v) is 2.20. The molecule has 1 aliphatic heterocycles. The minimum absolute atomic E-state index is 0.136. The number of piperidine rings is 1. The van der Waals surface area contributed by atoms with Crippen LogP contribution in [-0.2, 0) is 12.8 Å². The van der Waals surface area contributed by atoms with E-state index in [4.69, 9.17) is 10.2 Å². The SMILES string of the molecule is CC(N)Cc1cnc(CC2CCCNC2)o1. The van der Waals surface area contributed by atoms with Gasteiger partial charge in [-0.3, -0.25) is 0 Å². The van der Waals surface area contributed by atoms with Crippen LogP contribution in [0.2, 0.25) is 0 Å². The van der Waals surface area contributed by atoms with Crippen LogP contribution in [0, 0.1) is 5.92 Å². The second-order valence-corrected chi connectivity index (χ2v) is 4.82. The standard InChI is InChI=1S/C12H21N3O/c1-9(13)5-11-8-15-12(16-11)6-10-3-2-4-14-7-10/h8-10,14H,2-7,13H2,1H3. The highest BCUT2D eigenvalue weighted by Crippen LogP contribution is 2.16. The van der Waals surface area contributed by atoms with Gasteiger partial charge >= 0.3 is 0 Å². The van der Waals surface area contributed by atoms with Gasteiger partial charge in [0, 0.05) is 18.9 Å². The molecule has 1 saturated heterocycles. The van der Waals surface area contributed by atoms with Crippen molar-refractivity contribution in [2.75, 3.05) is 13.1 Å². The molecule has 0 spiro atoms. The molecule has 1 aromatic heterocycles. The third-order valence-electron chi connectivity index (χ3n) is 2.99. The van der Waals surface area contributed by atoms with Crippen molar-refractivity contribution in [2.24, 2.45) is 11.7 Å². The summed E-state index contributed by atoms with van der Waals surface area (Å²) in [5, 5.41) is 3.40. The lowest BCUT2D eigenvalue weighted by Crippen LogP contribution is -2.30. The second kappa shape index (κ2) is 5.46. The molecule has 0 aromatic carbocycles. The quantitative estimate of drug-likeness (QED) is 0.802. The summed E-state index contributed by atoms with van der Waals surface area (Å²) < 4.78 is 5.68. The van der Waals surface area contributed by atoms with Gasteiger partial charge in [-0.1, -0.05) is 0 Å². The Morgan fingerprint density at radius 2 is 2.56 bits per heavy atom. The van der Waals surface area contributed by atoms with Gasteiger partial charge in [-0.2, -0.15) is 0 Å². The van der Waals surface area contributed by atoms with Crippen molar-refractivity contribution in [3.05, 3.63) is 17.8 Å². The van der Waals surface area contributed by atoms with E-state index < -0.39 is 0 Å². The Morgan fingerprint density at radius 1 is 1.69 bits per heavy atom. The van der Waals surface area contributed by atoms with E-state index in [0.29, 0.717) is 5.92 Å². The lowest BCUT2D eigenvalue weighted by atomic mass is 9.96. The molecule has 0 amide bonds. The Hall–Kier alpha value is -0.870. The van der Waals surface area contributed by atoms with Gasteiger partial charge in [-0.05, 0) is 38.8 Å². The summed E-state index contributed by atoms with van der Waals surface area (Å²) in [7, 11) is 0. The molecule has 2 atom stereocenters. The topological polar surface area (TPSA) is 64.1 Å². The fourth-order valence-electron chi connectivity index (χ4n) is 2.20. The summed E-state index contributed by atoms with van der Waals surface area (Å²) in [4.78, 5) is 4.31. The van der Waals surface area contributed by atoms with Crippen LogP contribution in [0.15, 0.2) is 10.6 Å². The molecule has 2 unspecified atom stereocenters. The van der Waals surface area contributed by atoms with Crippen LogP contribution in [0.3, 0.4) is 0 Å². The zero-order valence-corrected chi connectivity index (χ0v) is 9.91. The van der Waals surface area contributed by atoms with Crippen LogP contribution in [0.5, 0.6) is 0 Å². The molecule has 2 rings (SSSR count). The summed E-state index contributed by atoms with van der Waals surface area (Å²) in [5.74, 6) is 2.45. The van der Waals surface area contributed by atoms with Crippen molar-refractivity contribution in [3.63, 3.8) is 0 Å². The average Bonchev–Trinajstić information content (AvgIpc) is 2.66. The Morgan fingerprint density at radius 3 is 3.25 bits per heavy atom. The van der Waals surface area contributed by atoms with Gasteiger partial charge in [0.05, 0.1) is 6.20 Å². The lowest BCUT2D eigenvalue weighted by Gasteiger charge is -2.21. The molecular weight excluding hydrogens is 202 g/mol. The monoisotopic (exact) mass is 223 g/mol. The first kappa shape index (κ1) is 11.6. The number of nitrogens with two attached hydrogens (primary N) is 1. The van der Waals surface area contributed by atoms with Crippen molar-refractivity contribution < 1.29 is 4.42 Å². The molecule has 4 heteroatoms. The maximum Gasteiger partial charge on any atom is 0.194 e. The van der Waals surface area contributed by atoms with Crippen molar-refractivity contribution >= 4 is 0 Å². The van der Waals surface area contributed by atoms with Gasteiger partial charge in [0.15, 0.2) is 5.89 Å². The molecule has 0 bridgehead atoms. The highest BCUT2D eigenvalue weighted by molar-refractivity contribution is 4.97. The van der Waals surface area contributed by atoms with E-state index >= 15 is 0 Å². The Kier molecular flexibility index (Phi) is 3.96. The van der Waals surface area contributed by atoms with Gasteiger partial charge in [0.1, 0.15) is 5.76 Å². The van der Waals surface area contributed by atoms with E-state index in [2.05, 4.69) is 10.3 Å². The van der Waals surface area contributed by atoms with Crippen molar-refractivity contribution in [1.29, 1.82) is 0 Å². The Balaban J connectivity index is 1.86. The normalized spacial score (nSPS) is 23.2. The van der Waals surface area contributed by atoms with E-state index in [1.165, 1.54) is 12.8 Å². The van der Waals surface area contributed by atoms with Crippen molar-refractivity contribution in [2.45, 2.75) is 38.6 Å². The second-order valence-electron chi connectivity index (χ2n) is 4.82. The molecule has 2 heterocycles. The maximum absolute atomic E-state index is 5.72. The molecular formula is C12H21N3O. The molecule has 0 radical (unpaired) electrons. The Bertz CT molecular complexity index is 316. The van der Waals surface area contributed by atoms with Crippen molar-refractivity contribution in [3.8, 4) is 0 Å². The van der Waals surface area contributed by atoms with Crippen LogP contribution in [0.1, 0.15) is 31.4 Å². The first-order valence-corrected chi connectivity index (χ1v) is 6.14. The molecule has 0 aliphatic carbocycles. The summed E-state index contributed by atoms with van der Waals surface area (Å²) in [5.41, 5.74) is 5.72. The zero-order valence-electron chi connectivity index (χ0n) is 9.91. The van der Waals surface area contributed by atoms with Gasteiger partial charge in [0.25, 0.3) is 0 Å². The molecule has 1 aliphatic rings. The van der Waals surface area contributed by atoms with Gasteiger partial charge in [-0.25, -0.2) is 4.98 Å². The summed E-state index contributed by atoms with van der Waals surface area (Å²) in [6.07, 6.45) is 6.08. The van der Waals surface area contributed by atoms with Gasteiger partial charge < -0.3 is 15.5 Å². The molecule has 1 fully saturated rings. The smallest absolute Gasteiger partial charge is 0.194 e. The third-order valence-corrected chi connectivity index (χ3v) is 2.99. The summed E-state index contributed by atoms with van der Waals surface area (Å²) >= 11 is 0. The predicted octanol–water partition coefficient (Wildman–Crippen LogP) is 1.11. The maximum atomic E-state index is 5.72. The number of hydrogen-bond acceptors (Lipinski definition) is 4. The molecule has 90 valence electrons. The van der Waals surface area contributed by atoms with E-state index in [-0.39, 0.29) is 6.04 Å². The molecule has 16 heavy (non-hydrogen) atoms. The van der Waals surface area contributed by atoms with Crippen LogP contribution in [0.25, 0.3) is 0 Å². The van der Waals surface area contributed by atoms with Crippen LogP contribution >= 0.6 is 0 Å². The first-order valence-electron chi connectivity index (χ1n) is 6.14. The summed E-state index contributed by atoms with van der Waals surface area (Å²) in [6, 6.07) is 0.136. The molecule has 0 saturated carbocycles. The number of nitrogens with zero attached hydrogens (tertiary/aromatic N) is 1. The zero-order chi connectivity index (χ0) is 11.4. The number of nitrogens with one attached hydrogen (secondary N) is 1. The fraction of sp³-hybridized carbons (Fsp3) is 0.750. The minimum Gasteiger partial charge on any atom is -0.446 e. The van der Waals surface area contributed by atoms with E-state index in [0.717, 1.165) is 37.6 Å². The van der Waals surface area contributed by atoms with Crippen molar-refractivity contribution in [1.82, 2.24) is 10.3 Å². The van der Waals surface area contributed by atoms with Crippen LogP contribution in [-0.4, -0.2) is 24.1 Å². The highest BCUT2D eigenvalue weighted by atomic mass is 16.4. The van der Waals surface area contributed by atoms with E-state index in [9.17, 15) is 0 Å². The van der Waals surface area contributed by atoms with Gasteiger partial charge in [-0.15, -0.1) is 0 Å². The number of hydrogen-bond donors (Lipinski definition) is 2. The minimum atomic E-state index is 0.136. The van der Waals surface area contributed by atoms with Crippen LogP contribution < -0.4 is 11.1 Å². The number of rotatable bonds is 4. The number of aromatic nitrogens is 1. The van der Waals surface area contributed by atoms with E-state index in [1.807, 2.05) is 13.1 Å². The predicted molar refractivity (Wildman–Crippen MR) is 63.2 cm³/mol. The molecule has 4 nitrogen and oxygen atoms in total. The molecule has 1 aromatic rings. The Labute approximate surface area is 96.6 Å². The summed E-state index contributed by atoms with van der Waals surface area (Å²) in [6.45, 7) is 4.22.